The first-order valence-electron chi connectivity index (χ1n) is 4.08. The molecule has 2 aromatic heterocycles. The monoisotopic (exact) mass is 209 g/mol. The molecular formula is C9H8FN3S. The SMILES string of the molecule is Fc1ccc(NCc2nccs2)cn1. The van der Waals surface area contributed by atoms with Gasteiger partial charge in [0.25, 0.3) is 0 Å². The Kier molecular flexibility index (Phi) is 2.69. The maximum Gasteiger partial charge on any atom is 0.212 e. The van der Waals surface area contributed by atoms with E-state index in [1.807, 2.05) is 5.38 Å². The molecule has 0 bridgehead atoms. The molecule has 2 heterocycles. The molecule has 0 aliphatic rings. The Bertz CT molecular complexity index is 385. The van der Waals surface area contributed by atoms with E-state index in [1.54, 1.807) is 23.6 Å². The van der Waals surface area contributed by atoms with Crippen molar-refractivity contribution in [3.63, 3.8) is 0 Å². The molecule has 0 spiro atoms. The van der Waals surface area contributed by atoms with Crippen LogP contribution < -0.4 is 5.32 Å². The highest BCUT2D eigenvalue weighted by molar-refractivity contribution is 7.09. The molecule has 72 valence electrons. The van der Waals surface area contributed by atoms with E-state index in [2.05, 4.69) is 15.3 Å². The van der Waals surface area contributed by atoms with Gasteiger partial charge in [0.15, 0.2) is 0 Å². The number of nitrogens with zero attached hydrogens (tertiary/aromatic N) is 2. The van der Waals surface area contributed by atoms with Gasteiger partial charge < -0.3 is 5.32 Å². The molecule has 0 radical (unpaired) electrons. The van der Waals surface area contributed by atoms with Crippen molar-refractivity contribution < 1.29 is 4.39 Å². The molecule has 2 aromatic rings. The van der Waals surface area contributed by atoms with Gasteiger partial charge in [-0.05, 0) is 12.1 Å². The van der Waals surface area contributed by atoms with E-state index in [1.165, 1.54) is 12.3 Å². The zero-order chi connectivity index (χ0) is 9.80. The summed E-state index contributed by atoms with van der Waals surface area (Å²) in [7, 11) is 0. The van der Waals surface area contributed by atoms with Crippen molar-refractivity contribution in [1.29, 1.82) is 0 Å². The van der Waals surface area contributed by atoms with Gasteiger partial charge in [0.1, 0.15) is 5.01 Å². The average molecular weight is 209 g/mol. The Hall–Kier alpha value is -1.49. The summed E-state index contributed by atoms with van der Waals surface area (Å²) in [5, 5.41) is 6.00. The predicted molar refractivity (Wildman–Crippen MR) is 53.6 cm³/mol. The lowest BCUT2D eigenvalue weighted by Crippen LogP contribution is -1.99. The van der Waals surface area contributed by atoms with E-state index in [9.17, 15) is 4.39 Å². The van der Waals surface area contributed by atoms with Crippen LogP contribution in [0.4, 0.5) is 10.1 Å². The maximum absolute atomic E-state index is 12.5. The molecule has 3 nitrogen and oxygen atoms in total. The molecular weight excluding hydrogens is 201 g/mol. The maximum atomic E-state index is 12.5. The molecule has 0 aliphatic heterocycles. The Labute approximate surface area is 84.6 Å². The number of pyridine rings is 1. The van der Waals surface area contributed by atoms with E-state index in [-0.39, 0.29) is 0 Å². The number of hydrogen-bond acceptors (Lipinski definition) is 4. The minimum atomic E-state index is -0.468. The fraction of sp³-hybridized carbons (Fsp3) is 0.111. The van der Waals surface area contributed by atoms with Gasteiger partial charge in [0.05, 0.1) is 18.4 Å². The third kappa shape index (κ3) is 2.26. The highest BCUT2D eigenvalue weighted by atomic mass is 32.1. The van der Waals surface area contributed by atoms with Gasteiger partial charge in [0.2, 0.25) is 5.95 Å². The van der Waals surface area contributed by atoms with Crippen molar-refractivity contribution in [3.05, 3.63) is 40.9 Å². The smallest absolute Gasteiger partial charge is 0.212 e. The van der Waals surface area contributed by atoms with Gasteiger partial charge in [-0.1, -0.05) is 0 Å². The van der Waals surface area contributed by atoms with E-state index >= 15 is 0 Å². The van der Waals surface area contributed by atoms with Crippen LogP contribution in [0.2, 0.25) is 0 Å². The Morgan fingerprint density at radius 1 is 1.36 bits per heavy atom. The van der Waals surface area contributed by atoms with Crippen LogP contribution in [0.5, 0.6) is 0 Å². The number of halogens is 1. The summed E-state index contributed by atoms with van der Waals surface area (Å²) in [6, 6.07) is 2.97. The third-order valence-electron chi connectivity index (χ3n) is 1.65. The van der Waals surface area contributed by atoms with E-state index < -0.39 is 5.95 Å². The van der Waals surface area contributed by atoms with Gasteiger partial charge in [-0.2, -0.15) is 4.39 Å². The summed E-state index contributed by atoms with van der Waals surface area (Å²) in [6.07, 6.45) is 3.22. The fourth-order valence-electron chi connectivity index (χ4n) is 0.998. The first-order chi connectivity index (χ1) is 6.84. The van der Waals surface area contributed by atoms with Crippen LogP contribution in [0.15, 0.2) is 29.9 Å². The summed E-state index contributed by atoms with van der Waals surface area (Å²) in [4.78, 5) is 7.64. The molecule has 0 atom stereocenters. The molecule has 0 saturated carbocycles. The molecule has 0 saturated heterocycles. The average Bonchev–Trinajstić information content (AvgIpc) is 2.70. The van der Waals surface area contributed by atoms with Gasteiger partial charge >= 0.3 is 0 Å². The normalized spacial score (nSPS) is 10.1. The Morgan fingerprint density at radius 2 is 2.29 bits per heavy atom. The van der Waals surface area contributed by atoms with Crippen molar-refractivity contribution in [1.82, 2.24) is 9.97 Å². The second-order valence-corrected chi connectivity index (χ2v) is 3.63. The van der Waals surface area contributed by atoms with Crippen molar-refractivity contribution >= 4 is 17.0 Å². The number of nitrogens with one attached hydrogen (secondary N) is 1. The van der Waals surface area contributed by atoms with Crippen molar-refractivity contribution in [2.24, 2.45) is 0 Å². The number of hydrogen-bond donors (Lipinski definition) is 1. The van der Waals surface area contributed by atoms with E-state index in [0.29, 0.717) is 6.54 Å². The van der Waals surface area contributed by atoms with E-state index in [4.69, 9.17) is 0 Å². The lowest BCUT2D eigenvalue weighted by Gasteiger charge is -2.02. The summed E-state index contributed by atoms with van der Waals surface area (Å²) in [6.45, 7) is 0.644. The molecule has 2 rings (SSSR count). The van der Waals surface area contributed by atoms with Crippen LogP contribution in [0, 0.1) is 5.95 Å². The minimum Gasteiger partial charge on any atom is -0.377 e. The first kappa shape index (κ1) is 9.08. The van der Waals surface area contributed by atoms with E-state index in [0.717, 1.165) is 10.7 Å². The Morgan fingerprint density at radius 3 is 2.93 bits per heavy atom. The summed E-state index contributed by atoms with van der Waals surface area (Å²) < 4.78 is 12.5. The van der Waals surface area contributed by atoms with Crippen LogP contribution in [-0.4, -0.2) is 9.97 Å². The highest BCUT2D eigenvalue weighted by Crippen LogP contribution is 2.09. The van der Waals surface area contributed by atoms with Gasteiger partial charge in [-0.3, -0.25) is 0 Å². The molecule has 1 N–H and O–H groups in total. The lowest BCUT2D eigenvalue weighted by atomic mass is 10.4. The zero-order valence-corrected chi connectivity index (χ0v) is 8.09. The lowest BCUT2D eigenvalue weighted by molar-refractivity contribution is 0.584. The van der Waals surface area contributed by atoms with Crippen LogP contribution in [-0.2, 0) is 6.54 Å². The van der Waals surface area contributed by atoms with Crippen LogP contribution in [0.25, 0.3) is 0 Å². The molecule has 0 aromatic carbocycles. The molecule has 0 amide bonds. The van der Waals surface area contributed by atoms with Crippen LogP contribution >= 0.6 is 11.3 Å². The van der Waals surface area contributed by atoms with Gasteiger partial charge in [-0.15, -0.1) is 11.3 Å². The fourth-order valence-corrected chi connectivity index (χ4v) is 1.55. The zero-order valence-electron chi connectivity index (χ0n) is 7.27. The second-order valence-electron chi connectivity index (χ2n) is 2.65. The molecule has 0 unspecified atom stereocenters. The van der Waals surface area contributed by atoms with Crippen molar-refractivity contribution in [2.45, 2.75) is 6.54 Å². The third-order valence-corrected chi connectivity index (χ3v) is 2.43. The molecule has 5 heteroatoms. The van der Waals surface area contributed by atoms with Crippen molar-refractivity contribution in [2.75, 3.05) is 5.32 Å². The summed E-state index contributed by atoms with van der Waals surface area (Å²) in [5.74, 6) is -0.468. The highest BCUT2D eigenvalue weighted by Gasteiger charge is 1.96. The number of aromatic nitrogens is 2. The van der Waals surface area contributed by atoms with Crippen LogP contribution in [0.1, 0.15) is 5.01 Å². The van der Waals surface area contributed by atoms with Crippen molar-refractivity contribution in [3.8, 4) is 0 Å². The minimum absolute atomic E-state index is 0.468. The Balaban J connectivity index is 1.95. The van der Waals surface area contributed by atoms with Gasteiger partial charge in [-0.25, -0.2) is 9.97 Å². The summed E-state index contributed by atoms with van der Waals surface area (Å²) >= 11 is 1.58. The number of anilines is 1. The topological polar surface area (TPSA) is 37.8 Å². The number of rotatable bonds is 3. The predicted octanol–water partition coefficient (Wildman–Crippen LogP) is 2.29. The quantitative estimate of drug-likeness (QED) is 0.788. The van der Waals surface area contributed by atoms with Crippen LogP contribution in [0.3, 0.4) is 0 Å². The van der Waals surface area contributed by atoms with Gasteiger partial charge in [0, 0.05) is 11.6 Å². The largest absolute Gasteiger partial charge is 0.377 e. The molecule has 0 aliphatic carbocycles. The number of thiazole rings is 1. The molecule has 14 heavy (non-hydrogen) atoms. The molecule has 0 fully saturated rings. The first-order valence-corrected chi connectivity index (χ1v) is 4.96. The standard InChI is InChI=1S/C9H8FN3S/c10-8-2-1-7(5-13-8)12-6-9-11-3-4-14-9/h1-5,12H,6H2. The summed E-state index contributed by atoms with van der Waals surface area (Å²) in [5.41, 5.74) is 0.793. The second kappa shape index (κ2) is 4.15.